The Hall–Kier alpha value is -4.32. The molecule has 2 aromatic carbocycles. The number of para-hydroxylation sites is 1. The highest BCUT2D eigenvalue weighted by atomic mass is 16.6. The van der Waals surface area contributed by atoms with Crippen molar-refractivity contribution in [1.82, 2.24) is 9.88 Å². The average Bonchev–Trinajstić information content (AvgIpc) is 3.33. The molecule has 3 heterocycles. The number of piperidine rings is 1. The Morgan fingerprint density at radius 1 is 1.21 bits per heavy atom. The van der Waals surface area contributed by atoms with Crippen LogP contribution in [-0.2, 0) is 16.0 Å². The van der Waals surface area contributed by atoms with Crippen LogP contribution in [0, 0.1) is 25.6 Å². The Morgan fingerprint density at radius 2 is 2.00 bits per heavy atom. The number of hydrogen-bond acceptors (Lipinski definition) is 9. The smallest absolute Gasteiger partial charge is 0.354 e. The molecule has 2 N–H and O–H groups in total. The van der Waals surface area contributed by atoms with Gasteiger partial charge in [0.2, 0.25) is 0 Å². The molecule has 39 heavy (non-hydrogen) atoms. The summed E-state index contributed by atoms with van der Waals surface area (Å²) < 4.78 is 5.06. The zero-order valence-electron chi connectivity index (χ0n) is 21.8. The number of rotatable bonds is 8. The molecule has 204 valence electrons. The van der Waals surface area contributed by atoms with Crippen LogP contribution in [0.25, 0.3) is 10.9 Å². The molecule has 0 amide bonds. The van der Waals surface area contributed by atoms with Crippen LogP contribution in [0.1, 0.15) is 49.9 Å². The van der Waals surface area contributed by atoms with Crippen molar-refractivity contribution >= 4 is 39.6 Å². The number of nitrogens with zero attached hydrogens (tertiary/aromatic N) is 4. The maximum Gasteiger partial charge on any atom is 0.354 e. The van der Waals surface area contributed by atoms with E-state index >= 15 is 0 Å². The maximum atomic E-state index is 12.9. The lowest BCUT2D eigenvalue weighted by molar-refractivity contribution is -0.393. The number of carbonyl (C=O) groups is 1. The van der Waals surface area contributed by atoms with Gasteiger partial charge in [0.15, 0.2) is 0 Å². The molecule has 0 bridgehead atoms. The van der Waals surface area contributed by atoms with Crippen molar-refractivity contribution in [1.29, 1.82) is 0 Å². The minimum absolute atomic E-state index is 0.0379. The third-order valence-corrected chi connectivity index (χ3v) is 8.18. The summed E-state index contributed by atoms with van der Waals surface area (Å²) in [6.45, 7) is 3.99. The number of aromatic amines is 1. The van der Waals surface area contributed by atoms with Crippen LogP contribution in [0.4, 0.5) is 17.1 Å². The molecule has 1 aromatic heterocycles. The van der Waals surface area contributed by atoms with Crippen molar-refractivity contribution in [2.24, 2.45) is 10.5 Å². The number of hydrogen-bond donors (Lipinski definition) is 2. The first kappa shape index (κ1) is 26.3. The molecule has 3 aromatic rings. The normalized spacial score (nSPS) is 21.2. The minimum Gasteiger partial charge on any atom is -0.464 e. The number of nitro benzene ring substituents is 2. The van der Waals surface area contributed by atoms with E-state index in [0.29, 0.717) is 6.42 Å². The number of ether oxygens (including phenoxy) is 1. The van der Waals surface area contributed by atoms with Crippen LogP contribution < -0.4 is 5.43 Å². The molecule has 2 atom stereocenters. The third-order valence-electron chi connectivity index (χ3n) is 8.18. The SMILES string of the molecule is CCC1(C/C(=N/Nc2ccc([N+](=O)[O-])cc2[N+](=O)[O-])C(=O)OC)CCCN2CCc3c([nH]c4ccccc34)C21. The highest BCUT2D eigenvalue weighted by Gasteiger charge is 2.48. The predicted octanol–water partition coefficient (Wildman–Crippen LogP) is 5.10. The van der Waals surface area contributed by atoms with E-state index in [2.05, 4.69) is 39.5 Å². The first-order valence-electron chi connectivity index (χ1n) is 12.9. The molecule has 0 spiro atoms. The molecule has 2 aliphatic heterocycles. The highest BCUT2D eigenvalue weighted by Crippen LogP contribution is 2.53. The molecular formula is C27H30N6O6. The van der Waals surface area contributed by atoms with Gasteiger partial charge in [-0.25, -0.2) is 4.79 Å². The van der Waals surface area contributed by atoms with Crippen molar-refractivity contribution in [2.75, 3.05) is 25.6 Å². The Kier molecular flexibility index (Phi) is 7.04. The van der Waals surface area contributed by atoms with Gasteiger partial charge in [0.1, 0.15) is 11.4 Å². The van der Waals surface area contributed by atoms with Crippen molar-refractivity contribution in [2.45, 2.75) is 45.1 Å². The lowest BCUT2D eigenvalue weighted by atomic mass is 9.65. The van der Waals surface area contributed by atoms with E-state index in [1.807, 2.05) is 12.1 Å². The summed E-state index contributed by atoms with van der Waals surface area (Å²) in [7, 11) is 1.27. The summed E-state index contributed by atoms with van der Waals surface area (Å²) in [6.07, 6.45) is 3.85. The fourth-order valence-corrected chi connectivity index (χ4v) is 6.29. The van der Waals surface area contributed by atoms with Crippen LogP contribution in [0.15, 0.2) is 47.6 Å². The van der Waals surface area contributed by atoms with Crippen molar-refractivity contribution < 1.29 is 19.4 Å². The van der Waals surface area contributed by atoms with E-state index in [0.717, 1.165) is 56.4 Å². The molecular weight excluding hydrogens is 504 g/mol. The molecule has 0 radical (unpaired) electrons. The average molecular weight is 535 g/mol. The Bertz CT molecular complexity index is 1480. The summed E-state index contributed by atoms with van der Waals surface area (Å²) in [4.78, 5) is 40.3. The van der Waals surface area contributed by atoms with Crippen LogP contribution in [-0.4, -0.2) is 51.6 Å². The van der Waals surface area contributed by atoms with E-state index in [1.165, 1.54) is 29.8 Å². The first-order valence-corrected chi connectivity index (χ1v) is 12.9. The molecule has 2 unspecified atom stereocenters. The number of nitro groups is 2. The Labute approximate surface area is 224 Å². The van der Waals surface area contributed by atoms with Gasteiger partial charge in [-0.15, -0.1) is 0 Å². The molecule has 2 aliphatic rings. The zero-order chi connectivity index (χ0) is 27.7. The standard InChI is InChI=1S/C27H30N6O6/c1-3-27(12-6-13-31-14-11-19-18-7-4-5-8-20(18)28-24(19)25(27)31)16-22(26(34)39-2)30-29-21-10-9-17(32(35)36)15-23(21)33(37)38/h4-5,7-10,15,25,28-29H,3,6,11-14,16H2,1-2H3/b30-22-. The lowest BCUT2D eigenvalue weighted by Gasteiger charge is -2.52. The number of nitrogens with one attached hydrogen (secondary N) is 2. The highest BCUT2D eigenvalue weighted by molar-refractivity contribution is 6.36. The number of benzene rings is 2. The predicted molar refractivity (Wildman–Crippen MR) is 146 cm³/mol. The van der Waals surface area contributed by atoms with Gasteiger partial charge in [0.05, 0.1) is 29.1 Å². The number of H-pyrrole nitrogens is 1. The number of hydrazone groups is 1. The number of fused-ring (bicyclic) bond motifs is 5. The molecule has 1 saturated heterocycles. The van der Waals surface area contributed by atoms with Crippen molar-refractivity contribution in [3.8, 4) is 0 Å². The van der Waals surface area contributed by atoms with Gasteiger partial charge in [-0.05, 0) is 55.3 Å². The second-order valence-corrected chi connectivity index (χ2v) is 10.1. The number of esters is 1. The minimum atomic E-state index is -0.728. The van der Waals surface area contributed by atoms with Gasteiger partial charge in [-0.2, -0.15) is 5.10 Å². The number of methoxy groups -OCH3 is 1. The molecule has 12 nitrogen and oxygen atoms in total. The third kappa shape index (κ3) is 4.71. The Balaban J connectivity index is 1.53. The number of aromatic nitrogens is 1. The van der Waals surface area contributed by atoms with Gasteiger partial charge < -0.3 is 9.72 Å². The largest absolute Gasteiger partial charge is 0.464 e. The molecule has 5 rings (SSSR count). The van der Waals surface area contributed by atoms with E-state index in [4.69, 9.17) is 4.74 Å². The number of anilines is 1. The second kappa shape index (κ2) is 10.4. The van der Waals surface area contributed by atoms with Crippen molar-refractivity contribution in [3.63, 3.8) is 0 Å². The van der Waals surface area contributed by atoms with E-state index in [1.54, 1.807) is 0 Å². The van der Waals surface area contributed by atoms with Crippen LogP contribution in [0.2, 0.25) is 0 Å². The summed E-state index contributed by atoms with van der Waals surface area (Å²) in [5.41, 5.74) is 4.98. The van der Waals surface area contributed by atoms with Gasteiger partial charge >= 0.3 is 11.7 Å². The summed E-state index contributed by atoms with van der Waals surface area (Å²) >= 11 is 0. The molecule has 1 fully saturated rings. The molecule has 0 aliphatic carbocycles. The Morgan fingerprint density at radius 3 is 2.72 bits per heavy atom. The lowest BCUT2D eigenvalue weighted by Crippen LogP contribution is -2.50. The number of non-ortho nitro benzene ring substituents is 1. The van der Waals surface area contributed by atoms with Gasteiger partial charge in [-0.1, -0.05) is 25.1 Å². The van der Waals surface area contributed by atoms with Gasteiger partial charge in [0.25, 0.3) is 5.69 Å². The second-order valence-electron chi connectivity index (χ2n) is 10.1. The quantitative estimate of drug-likeness (QED) is 0.175. The van der Waals surface area contributed by atoms with Crippen molar-refractivity contribution in [3.05, 3.63) is 74.0 Å². The van der Waals surface area contributed by atoms with Crippen LogP contribution in [0.3, 0.4) is 0 Å². The monoisotopic (exact) mass is 534 g/mol. The van der Waals surface area contributed by atoms with Gasteiger partial charge in [-0.3, -0.25) is 30.6 Å². The summed E-state index contributed by atoms with van der Waals surface area (Å²) in [6, 6.07) is 11.5. The first-order chi connectivity index (χ1) is 18.8. The fraction of sp³-hybridized carbons (Fsp3) is 0.407. The van der Waals surface area contributed by atoms with E-state index in [-0.39, 0.29) is 22.9 Å². The molecule has 0 saturated carbocycles. The van der Waals surface area contributed by atoms with Crippen LogP contribution >= 0.6 is 0 Å². The zero-order valence-corrected chi connectivity index (χ0v) is 21.8. The van der Waals surface area contributed by atoms with E-state index in [9.17, 15) is 25.0 Å². The van der Waals surface area contributed by atoms with Crippen LogP contribution in [0.5, 0.6) is 0 Å². The summed E-state index contributed by atoms with van der Waals surface area (Å²) in [5, 5.41) is 28.2. The summed E-state index contributed by atoms with van der Waals surface area (Å²) in [5.74, 6) is -0.635. The number of carbonyl (C=O) groups excluding carboxylic acids is 1. The fourth-order valence-electron chi connectivity index (χ4n) is 6.29. The molecule has 12 heteroatoms. The van der Waals surface area contributed by atoms with Gasteiger partial charge in [0, 0.05) is 35.6 Å². The maximum absolute atomic E-state index is 12.9. The topological polar surface area (TPSA) is 156 Å². The van der Waals surface area contributed by atoms with E-state index < -0.39 is 27.2 Å².